The van der Waals surface area contributed by atoms with E-state index in [0.717, 1.165) is 35.3 Å². The first-order valence-corrected chi connectivity index (χ1v) is 7.52. The molecule has 0 amide bonds. The van der Waals surface area contributed by atoms with E-state index in [1.54, 1.807) is 12.4 Å². The van der Waals surface area contributed by atoms with Crippen LogP contribution in [-0.4, -0.2) is 28.3 Å². The summed E-state index contributed by atoms with van der Waals surface area (Å²) in [4.78, 5) is 23.0. The number of hydrogen-bond acceptors (Lipinski definition) is 5. The van der Waals surface area contributed by atoms with E-state index < -0.39 is 0 Å². The van der Waals surface area contributed by atoms with Gasteiger partial charge in [-0.15, -0.1) is 0 Å². The van der Waals surface area contributed by atoms with Gasteiger partial charge in [0.05, 0.1) is 23.6 Å². The molecule has 0 fully saturated rings. The third-order valence-electron chi connectivity index (χ3n) is 4.43. The van der Waals surface area contributed by atoms with Gasteiger partial charge >= 0.3 is 0 Å². The molecule has 0 unspecified atom stereocenters. The molecule has 2 aromatic heterocycles. The van der Waals surface area contributed by atoms with Crippen LogP contribution in [0.15, 0.2) is 29.3 Å². The van der Waals surface area contributed by atoms with Gasteiger partial charge in [-0.1, -0.05) is 0 Å². The highest BCUT2D eigenvalue weighted by Gasteiger charge is 2.26. The van der Waals surface area contributed by atoms with Crippen molar-refractivity contribution in [3.05, 3.63) is 51.8 Å². The zero-order valence-corrected chi connectivity index (χ0v) is 12.2. The second-order valence-electron chi connectivity index (χ2n) is 5.75. The van der Waals surface area contributed by atoms with E-state index >= 15 is 0 Å². The number of pyridine rings is 1. The minimum Gasteiger partial charge on any atom is -0.454 e. The molecule has 2 aliphatic rings. The maximum atomic E-state index is 12.6. The molecule has 1 aromatic carbocycles. The Balaban J connectivity index is 1.70. The molecule has 5 rings (SSSR count). The maximum Gasteiger partial charge on any atom is 0.253 e. The molecule has 0 radical (unpaired) electrons. The smallest absolute Gasteiger partial charge is 0.253 e. The molecule has 2 aliphatic heterocycles. The molecule has 4 heterocycles. The van der Waals surface area contributed by atoms with Crippen LogP contribution < -0.4 is 20.3 Å². The fourth-order valence-electron chi connectivity index (χ4n) is 3.30. The Bertz CT molecular complexity index is 975. The van der Waals surface area contributed by atoms with Gasteiger partial charge in [0, 0.05) is 35.7 Å². The molecule has 0 aliphatic carbocycles. The number of hydrogen-bond donors (Lipinski definition) is 3. The highest BCUT2D eigenvalue weighted by Crippen LogP contribution is 2.36. The number of aromatic nitrogens is 3. The van der Waals surface area contributed by atoms with Crippen LogP contribution in [0.3, 0.4) is 0 Å². The first-order chi connectivity index (χ1) is 11.3. The molecule has 0 bridgehead atoms. The largest absolute Gasteiger partial charge is 0.454 e. The summed E-state index contributed by atoms with van der Waals surface area (Å²) in [5.41, 5.74) is 3.25. The Labute approximate surface area is 130 Å². The average Bonchev–Trinajstić information content (AvgIpc) is 3.20. The predicted octanol–water partition coefficient (Wildman–Crippen LogP) is 1.21. The van der Waals surface area contributed by atoms with Gasteiger partial charge in [0.15, 0.2) is 11.5 Å². The van der Waals surface area contributed by atoms with Gasteiger partial charge in [0.1, 0.15) is 0 Å². The minimum atomic E-state index is -0.205. The summed E-state index contributed by atoms with van der Waals surface area (Å²) in [7, 11) is 0. The number of imidazole rings is 1. The van der Waals surface area contributed by atoms with Crippen molar-refractivity contribution >= 4 is 10.9 Å². The van der Waals surface area contributed by atoms with Gasteiger partial charge in [0.25, 0.3) is 5.56 Å². The van der Waals surface area contributed by atoms with Crippen LogP contribution in [0.2, 0.25) is 0 Å². The Morgan fingerprint density at radius 3 is 2.96 bits per heavy atom. The summed E-state index contributed by atoms with van der Waals surface area (Å²) in [5.74, 6) is 1.36. The summed E-state index contributed by atoms with van der Waals surface area (Å²) >= 11 is 0. The Kier molecular flexibility index (Phi) is 2.54. The van der Waals surface area contributed by atoms with Crippen LogP contribution in [0.5, 0.6) is 11.5 Å². The van der Waals surface area contributed by atoms with Crippen molar-refractivity contribution in [2.75, 3.05) is 13.3 Å². The van der Waals surface area contributed by atoms with Crippen molar-refractivity contribution in [3.8, 4) is 11.5 Å². The second kappa shape index (κ2) is 4.60. The van der Waals surface area contributed by atoms with E-state index in [1.165, 1.54) is 0 Å². The molecular formula is C16H14N4O3. The summed E-state index contributed by atoms with van der Waals surface area (Å²) in [6.45, 7) is 1.02. The summed E-state index contributed by atoms with van der Waals surface area (Å²) in [6, 6.07) is 5.39. The van der Waals surface area contributed by atoms with Crippen molar-refractivity contribution < 1.29 is 9.47 Å². The highest BCUT2D eigenvalue weighted by molar-refractivity contribution is 5.83. The molecule has 7 nitrogen and oxygen atoms in total. The van der Waals surface area contributed by atoms with Crippen LogP contribution in [0.4, 0.5) is 0 Å². The van der Waals surface area contributed by atoms with E-state index in [-0.39, 0.29) is 18.4 Å². The van der Waals surface area contributed by atoms with Crippen LogP contribution in [-0.2, 0) is 6.42 Å². The molecule has 0 spiro atoms. The topological polar surface area (TPSA) is 92.0 Å². The monoisotopic (exact) mass is 310 g/mol. The normalized spacial score (nSPS) is 19.0. The number of rotatable bonds is 1. The molecule has 3 aromatic rings. The molecule has 3 N–H and O–H groups in total. The fraction of sp³-hybridized carbons (Fsp3) is 0.250. The summed E-state index contributed by atoms with van der Waals surface area (Å²) < 4.78 is 10.8. The van der Waals surface area contributed by atoms with E-state index in [9.17, 15) is 4.79 Å². The number of nitrogens with zero attached hydrogens (tertiary/aromatic N) is 1. The van der Waals surface area contributed by atoms with E-state index in [2.05, 4.69) is 20.3 Å². The lowest BCUT2D eigenvalue weighted by atomic mass is 9.98. The number of benzene rings is 1. The van der Waals surface area contributed by atoms with Gasteiger partial charge < -0.3 is 24.8 Å². The first-order valence-electron chi connectivity index (χ1n) is 7.52. The lowest BCUT2D eigenvalue weighted by Gasteiger charge is -2.22. The molecule has 1 atom stereocenters. The molecule has 7 heteroatoms. The molecular weight excluding hydrogens is 296 g/mol. The van der Waals surface area contributed by atoms with Crippen molar-refractivity contribution in [2.24, 2.45) is 0 Å². The van der Waals surface area contributed by atoms with Crippen LogP contribution in [0.25, 0.3) is 10.9 Å². The van der Waals surface area contributed by atoms with Crippen LogP contribution in [0.1, 0.15) is 23.0 Å². The van der Waals surface area contributed by atoms with Crippen LogP contribution in [0, 0.1) is 0 Å². The van der Waals surface area contributed by atoms with E-state index in [0.29, 0.717) is 17.1 Å². The summed E-state index contributed by atoms with van der Waals surface area (Å²) in [6.07, 6.45) is 2.56. The Morgan fingerprint density at radius 2 is 2.04 bits per heavy atom. The van der Waals surface area contributed by atoms with E-state index in [4.69, 9.17) is 9.47 Å². The number of nitrogens with one attached hydrogen (secondary N) is 3. The SMILES string of the molecule is O=c1[nH]c2cc3c(cc2cc1[C@H]1NCCc2[nH]cnc21)OCO3. The standard InChI is InChI=1S/C16H14N4O3/c21-16-9(14-15-10(1-2-17-14)18-6-19-15)3-8-4-12-13(23-7-22-12)5-11(8)20-16/h3-6,14,17H,1-2,7H2,(H,18,19)(H,20,21)/t14-/m1/s1. The minimum absolute atomic E-state index is 0.121. The summed E-state index contributed by atoms with van der Waals surface area (Å²) in [5, 5.41) is 4.29. The zero-order chi connectivity index (χ0) is 15.4. The van der Waals surface area contributed by atoms with Gasteiger partial charge in [-0.05, 0) is 12.1 Å². The van der Waals surface area contributed by atoms with Crippen molar-refractivity contribution in [1.29, 1.82) is 0 Å². The second-order valence-corrected chi connectivity index (χ2v) is 5.75. The number of aromatic amines is 2. The predicted molar refractivity (Wildman–Crippen MR) is 82.8 cm³/mol. The Hall–Kier alpha value is -2.80. The Morgan fingerprint density at radius 1 is 1.17 bits per heavy atom. The fourth-order valence-corrected chi connectivity index (χ4v) is 3.30. The molecule has 0 saturated carbocycles. The van der Waals surface area contributed by atoms with Crippen molar-refractivity contribution in [2.45, 2.75) is 12.5 Å². The highest BCUT2D eigenvalue weighted by atomic mass is 16.7. The third-order valence-corrected chi connectivity index (χ3v) is 4.43. The maximum absolute atomic E-state index is 12.6. The van der Waals surface area contributed by atoms with Gasteiger partial charge in [0.2, 0.25) is 6.79 Å². The third kappa shape index (κ3) is 1.86. The van der Waals surface area contributed by atoms with Gasteiger partial charge in [-0.25, -0.2) is 4.98 Å². The lowest BCUT2D eigenvalue weighted by molar-refractivity contribution is 0.174. The van der Waals surface area contributed by atoms with Gasteiger partial charge in [-0.3, -0.25) is 4.79 Å². The average molecular weight is 310 g/mol. The van der Waals surface area contributed by atoms with Crippen molar-refractivity contribution in [1.82, 2.24) is 20.3 Å². The molecule has 23 heavy (non-hydrogen) atoms. The molecule has 116 valence electrons. The number of ether oxygens (including phenoxy) is 2. The zero-order valence-electron chi connectivity index (χ0n) is 12.2. The van der Waals surface area contributed by atoms with E-state index in [1.807, 2.05) is 12.1 Å². The van der Waals surface area contributed by atoms with Gasteiger partial charge in [-0.2, -0.15) is 0 Å². The van der Waals surface area contributed by atoms with Crippen molar-refractivity contribution in [3.63, 3.8) is 0 Å². The molecule has 0 saturated heterocycles. The first kappa shape index (κ1) is 12.7. The number of H-pyrrole nitrogens is 2. The number of fused-ring (bicyclic) bond motifs is 3. The van der Waals surface area contributed by atoms with Crippen LogP contribution >= 0.6 is 0 Å². The lowest BCUT2D eigenvalue weighted by Crippen LogP contribution is -2.34. The quantitative estimate of drug-likeness (QED) is 0.628.